The Morgan fingerprint density at radius 2 is 1.91 bits per heavy atom. The van der Waals surface area contributed by atoms with Crippen LogP contribution in [-0.2, 0) is 20.4 Å². The van der Waals surface area contributed by atoms with Gasteiger partial charge in [0.05, 0.1) is 13.2 Å². The normalized spacial score (nSPS) is 21.7. The van der Waals surface area contributed by atoms with Gasteiger partial charge in [-0.1, -0.05) is 34.6 Å². The van der Waals surface area contributed by atoms with Crippen LogP contribution in [0, 0.1) is 0 Å². The molecule has 0 aromatic heterocycles. The molecule has 3 nitrogen and oxygen atoms in total. The van der Waals surface area contributed by atoms with E-state index in [2.05, 4.69) is 46.8 Å². The summed E-state index contributed by atoms with van der Waals surface area (Å²) in [5, 5.41) is 0. The summed E-state index contributed by atoms with van der Waals surface area (Å²) < 4.78 is 11.0. The molecule has 3 heteroatoms. The van der Waals surface area contributed by atoms with Gasteiger partial charge in [-0.3, -0.25) is 0 Å². The summed E-state index contributed by atoms with van der Waals surface area (Å²) in [6.07, 6.45) is 2.67. The first-order chi connectivity index (χ1) is 10.2. The number of hydrogen-bond donors (Lipinski definition) is 0. The van der Waals surface area contributed by atoms with Crippen molar-refractivity contribution >= 4 is 12.0 Å². The Morgan fingerprint density at radius 1 is 1.18 bits per heavy atom. The number of fused-ring (bicyclic) bond motifs is 1. The first kappa shape index (κ1) is 15.1. The minimum absolute atomic E-state index is 0.0000346. The molecule has 0 amide bonds. The molecule has 3 rings (SSSR count). The van der Waals surface area contributed by atoms with Crippen LogP contribution in [0.25, 0.3) is 6.08 Å². The number of cyclic esters (lactones) is 1. The van der Waals surface area contributed by atoms with Gasteiger partial charge in [0.25, 0.3) is 0 Å². The molecule has 2 aliphatic rings. The van der Waals surface area contributed by atoms with Crippen LogP contribution < -0.4 is 4.74 Å². The first-order valence-electron chi connectivity index (χ1n) is 7.88. The zero-order valence-corrected chi connectivity index (χ0v) is 14.1. The van der Waals surface area contributed by atoms with E-state index in [4.69, 9.17) is 9.47 Å². The Balaban J connectivity index is 2.15. The standard InChI is InChI=1S/C19H24O3/c1-18(2,3)14-9-12(8-13-6-7-21-17(13)20)10-15-16(14)22-11-19(15,4)5/h8-10H,6-7,11H2,1-5H3/b13-8+. The second kappa shape index (κ2) is 4.87. The lowest BCUT2D eigenvalue weighted by Gasteiger charge is -2.23. The number of benzene rings is 1. The Kier molecular flexibility index (Phi) is 3.35. The molecule has 0 atom stereocenters. The highest BCUT2D eigenvalue weighted by Gasteiger charge is 2.36. The number of carbonyl (C=O) groups excluding carboxylic acids is 1. The fraction of sp³-hybridized carbons (Fsp3) is 0.526. The van der Waals surface area contributed by atoms with Crippen molar-refractivity contribution in [1.82, 2.24) is 0 Å². The monoisotopic (exact) mass is 300 g/mol. The molecular weight excluding hydrogens is 276 g/mol. The van der Waals surface area contributed by atoms with Crippen molar-refractivity contribution in [1.29, 1.82) is 0 Å². The molecule has 1 aromatic carbocycles. The van der Waals surface area contributed by atoms with Gasteiger partial charge in [-0.25, -0.2) is 4.79 Å². The van der Waals surface area contributed by atoms with Gasteiger partial charge >= 0.3 is 5.97 Å². The topological polar surface area (TPSA) is 35.5 Å². The summed E-state index contributed by atoms with van der Waals surface area (Å²) in [6, 6.07) is 4.31. The van der Waals surface area contributed by atoms with Crippen LogP contribution >= 0.6 is 0 Å². The van der Waals surface area contributed by atoms with Crippen LogP contribution in [0.3, 0.4) is 0 Å². The molecule has 0 bridgehead atoms. The van der Waals surface area contributed by atoms with Gasteiger partial charge in [-0.05, 0) is 29.2 Å². The van der Waals surface area contributed by atoms with Crippen LogP contribution in [0.2, 0.25) is 0 Å². The third-order valence-electron chi connectivity index (χ3n) is 4.43. The highest BCUT2D eigenvalue weighted by molar-refractivity contribution is 5.95. The minimum Gasteiger partial charge on any atom is -0.492 e. The quantitative estimate of drug-likeness (QED) is 0.581. The molecule has 118 valence electrons. The number of ether oxygens (including phenoxy) is 2. The van der Waals surface area contributed by atoms with E-state index < -0.39 is 0 Å². The zero-order chi connectivity index (χ0) is 16.1. The summed E-state index contributed by atoms with van der Waals surface area (Å²) in [7, 11) is 0. The van der Waals surface area contributed by atoms with Gasteiger partial charge in [0, 0.05) is 28.5 Å². The van der Waals surface area contributed by atoms with Gasteiger partial charge in [0.2, 0.25) is 0 Å². The van der Waals surface area contributed by atoms with Crippen molar-refractivity contribution in [3.05, 3.63) is 34.4 Å². The molecule has 2 heterocycles. The lowest BCUT2D eigenvalue weighted by atomic mass is 9.79. The molecular formula is C19H24O3. The van der Waals surface area contributed by atoms with Crippen LogP contribution in [0.4, 0.5) is 0 Å². The Morgan fingerprint density at radius 3 is 2.50 bits per heavy atom. The van der Waals surface area contributed by atoms with Gasteiger partial charge in [-0.15, -0.1) is 0 Å². The molecule has 0 unspecified atom stereocenters. The lowest BCUT2D eigenvalue weighted by molar-refractivity contribution is -0.134. The van der Waals surface area contributed by atoms with E-state index in [9.17, 15) is 4.79 Å². The lowest BCUT2D eigenvalue weighted by Crippen LogP contribution is -2.18. The van der Waals surface area contributed by atoms with Gasteiger partial charge in [0.15, 0.2) is 0 Å². The molecule has 22 heavy (non-hydrogen) atoms. The van der Waals surface area contributed by atoms with E-state index in [-0.39, 0.29) is 16.8 Å². The molecule has 0 spiro atoms. The fourth-order valence-electron chi connectivity index (χ4n) is 3.06. The van der Waals surface area contributed by atoms with Gasteiger partial charge < -0.3 is 9.47 Å². The maximum Gasteiger partial charge on any atom is 0.334 e. The van der Waals surface area contributed by atoms with Crippen molar-refractivity contribution in [3.63, 3.8) is 0 Å². The smallest absolute Gasteiger partial charge is 0.334 e. The molecule has 1 saturated heterocycles. The van der Waals surface area contributed by atoms with E-state index in [0.29, 0.717) is 19.6 Å². The third-order valence-corrected chi connectivity index (χ3v) is 4.43. The molecule has 1 fully saturated rings. The number of rotatable bonds is 1. The molecule has 0 aliphatic carbocycles. The van der Waals surface area contributed by atoms with Gasteiger partial charge in [-0.2, -0.15) is 0 Å². The van der Waals surface area contributed by atoms with E-state index in [0.717, 1.165) is 16.9 Å². The summed E-state index contributed by atoms with van der Waals surface area (Å²) >= 11 is 0. The molecule has 1 aromatic rings. The average molecular weight is 300 g/mol. The predicted octanol–water partition coefficient (Wildman–Crippen LogP) is 3.98. The maximum atomic E-state index is 11.7. The van der Waals surface area contributed by atoms with E-state index in [1.807, 2.05) is 6.08 Å². The Labute approximate surface area is 132 Å². The molecule has 0 N–H and O–H groups in total. The number of carbonyl (C=O) groups is 1. The highest BCUT2D eigenvalue weighted by atomic mass is 16.5. The first-order valence-corrected chi connectivity index (χ1v) is 7.88. The van der Waals surface area contributed by atoms with Crippen molar-refractivity contribution in [2.45, 2.75) is 51.9 Å². The molecule has 0 saturated carbocycles. The second-order valence-corrected chi connectivity index (χ2v) is 7.92. The van der Waals surface area contributed by atoms with E-state index >= 15 is 0 Å². The van der Waals surface area contributed by atoms with Crippen LogP contribution in [0.15, 0.2) is 17.7 Å². The Hall–Kier alpha value is -1.77. The van der Waals surface area contributed by atoms with Crippen molar-refractivity contribution in [2.24, 2.45) is 0 Å². The second-order valence-electron chi connectivity index (χ2n) is 7.92. The van der Waals surface area contributed by atoms with Gasteiger partial charge in [0.1, 0.15) is 5.75 Å². The largest absolute Gasteiger partial charge is 0.492 e. The Bertz CT molecular complexity index is 660. The minimum atomic E-state index is -0.187. The summed E-state index contributed by atoms with van der Waals surface area (Å²) in [5.41, 5.74) is 4.26. The zero-order valence-electron chi connectivity index (χ0n) is 14.1. The van der Waals surface area contributed by atoms with E-state index in [1.165, 1.54) is 11.1 Å². The van der Waals surface area contributed by atoms with Crippen LogP contribution in [0.5, 0.6) is 5.75 Å². The molecule has 0 radical (unpaired) electrons. The number of esters is 1. The highest BCUT2D eigenvalue weighted by Crippen LogP contribution is 2.45. The summed E-state index contributed by atoms with van der Waals surface area (Å²) in [5.74, 6) is 0.835. The fourth-order valence-corrected chi connectivity index (χ4v) is 3.06. The average Bonchev–Trinajstić information content (AvgIpc) is 2.93. The van der Waals surface area contributed by atoms with Crippen LogP contribution in [-0.4, -0.2) is 19.2 Å². The third kappa shape index (κ3) is 2.53. The van der Waals surface area contributed by atoms with Crippen molar-refractivity contribution in [3.8, 4) is 5.75 Å². The summed E-state index contributed by atoms with van der Waals surface area (Å²) in [4.78, 5) is 11.7. The predicted molar refractivity (Wildman–Crippen MR) is 87.2 cm³/mol. The van der Waals surface area contributed by atoms with Crippen LogP contribution in [0.1, 0.15) is 57.7 Å². The van der Waals surface area contributed by atoms with Crippen molar-refractivity contribution < 1.29 is 14.3 Å². The maximum absolute atomic E-state index is 11.7. The SMILES string of the molecule is CC(C)(C)c1cc(/C=C2\CCOC2=O)cc2c1OCC2(C)C. The summed E-state index contributed by atoms with van der Waals surface area (Å²) in [6.45, 7) is 12.2. The van der Waals surface area contributed by atoms with Crippen molar-refractivity contribution in [2.75, 3.05) is 13.2 Å². The number of hydrogen-bond acceptors (Lipinski definition) is 3. The van der Waals surface area contributed by atoms with E-state index in [1.54, 1.807) is 0 Å². The molecule has 2 aliphatic heterocycles.